The van der Waals surface area contributed by atoms with Gasteiger partial charge in [0.25, 0.3) is 0 Å². The van der Waals surface area contributed by atoms with E-state index in [1.807, 2.05) is 6.20 Å². The van der Waals surface area contributed by atoms with Crippen LogP contribution in [0.4, 0.5) is 0 Å². The molecule has 0 atom stereocenters. The number of hydrogen-bond donors (Lipinski definition) is 1. The van der Waals surface area contributed by atoms with Crippen molar-refractivity contribution in [3.63, 3.8) is 0 Å². The van der Waals surface area contributed by atoms with Gasteiger partial charge in [0.05, 0.1) is 13.2 Å². The van der Waals surface area contributed by atoms with Gasteiger partial charge in [0.2, 0.25) is 0 Å². The zero-order valence-electron chi connectivity index (χ0n) is 12.1. The maximum absolute atomic E-state index is 5.02. The molecule has 0 saturated heterocycles. The van der Waals surface area contributed by atoms with Crippen molar-refractivity contribution < 1.29 is 4.74 Å². The number of ether oxygens (including phenoxy) is 1. The number of methoxy groups -OCH3 is 1. The van der Waals surface area contributed by atoms with E-state index in [0.717, 1.165) is 44.9 Å². The molecule has 0 fully saturated rings. The quantitative estimate of drug-likeness (QED) is 0.712. The van der Waals surface area contributed by atoms with Gasteiger partial charge in [-0.05, 0) is 18.4 Å². The van der Waals surface area contributed by atoms with Crippen molar-refractivity contribution in [1.29, 1.82) is 0 Å². The van der Waals surface area contributed by atoms with Gasteiger partial charge in [-0.15, -0.1) is 0 Å². The summed E-state index contributed by atoms with van der Waals surface area (Å²) in [5, 5.41) is 3.33. The van der Waals surface area contributed by atoms with E-state index < -0.39 is 0 Å². The summed E-state index contributed by atoms with van der Waals surface area (Å²) in [6, 6.07) is 10.6. The van der Waals surface area contributed by atoms with Gasteiger partial charge in [-0.1, -0.05) is 30.3 Å². The van der Waals surface area contributed by atoms with Gasteiger partial charge in [0, 0.05) is 32.6 Å². The third-order valence-corrected chi connectivity index (χ3v) is 3.28. The standard InChI is InChI=1S/C16H23N3O/c1-20-13-10-17-14-16-18-9-12-19(16)11-5-8-15-6-3-2-4-7-15/h2-4,6-7,9,12,17H,5,8,10-11,13-14H2,1H3. The van der Waals surface area contributed by atoms with E-state index in [9.17, 15) is 0 Å². The molecule has 0 radical (unpaired) electrons. The summed E-state index contributed by atoms with van der Waals surface area (Å²) in [5.41, 5.74) is 1.40. The van der Waals surface area contributed by atoms with E-state index in [2.05, 4.69) is 51.4 Å². The van der Waals surface area contributed by atoms with Gasteiger partial charge >= 0.3 is 0 Å². The lowest BCUT2D eigenvalue weighted by atomic mass is 10.1. The van der Waals surface area contributed by atoms with Crippen molar-refractivity contribution in [3.05, 3.63) is 54.1 Å². The number of imidazole rings is 1. The lowest BCUT2D eigenvalue weighted by Crippen LogP contribution is -2.21. The molecule has 1 heterocycles. The van der Waals surface area contributed by atoms with Crippen LogP contribution in [-0.4, -0.2) is 29.8 Å². The second-order valence-electron chi connectivity index (χ2n) is 4.80. The fourth-order valence-corrected chi connectivity index (χ4v) is 2.18. The summed E-state index contributed by atoms with van der Waals surface area (Å²) in [6.45, 7) is 3.39. The first-order chi connectivity index (χ1) is 9.90. The SMILES string of the molecule is COCCNCc1nccn1CCCc1ccccc1. The van der Waals surface area contributed by atoms with E-state index in [1.54, 1.807) is 7.11 Å². The Morgan fingerprint density at radius 3 is 2.90 bits per heavy atom. The molecule has 2 rings (SSSR count). The second kappa shape index (κ2) is 8.51. The van der Waals surface area contributed by atoms with Crippen LogP contribution in [0.2, 0.25) is 0 Å². The van der Waals surface area contributed by atoms with Crippen LogP contribution in [0.5, 0.6) is 0 Å². The molecule has 0 spiro atoms. The molecule has 0 bridgehead atoms. The molecule has 0 aliphatic rings. The molecule has 1 aromatic carbocycles. The summed E-state index contributed by atoms with van der Waals surface area (Å²) >= 11 is 0. The number of benzene rings is 1. The highest BCUT2D eigenvalue weighted by Crippen LogP contribution is 2.05. The first-order valence-corrected chi connectivity index (χ1v) is 7.13. The average Bonchev–Trinajstić information content (AvgIpc) is 2.92. The lowest BCUT2D eigenvalue weighted by Gasteiger charge is -2.09. The van der Waals surface area contributed by atoms with Crippen LogP contribution in [-0.2, 0) is 24.2 Å². The molecule has 0 amide bonds. The Kier molecular flexibility index (Phi) is 6.27. The zero-order chi connectivity index (χ0) is 14.0. The van der Waals surface area contributed by atoms with Crippen LogP contribution in [0, 0.1) is 0 Å². The number of hydrogen-bond acceptors (Lipinski definition) is 3. The Labute approximate surface area is 120 Å². The molecule has 20 heavy (non-hydrogen) atoms. The summed E-state index contributed by atoms with van der Waals surface area (Å²) in [7, 11) is 1.71. The number of nitrogens with zero attached hydrogens (tertiary/aromatic N) is 2. The molecule has 1 N–H and O–H groups in total. The predicted octanol–water partition coefficient (Wildman–Crippen LogP) is 2.25. The van der Waals surface area contributed by atoms with E-state index >= 15 is 0 Å². The normalized spacial score (nSPS) is 10.8. The van der Waals surface area contributed by atoms with Gasteiger partial charge in [-0.25, -0.2) is 4.98 Å². The number of nitrogens with one attached hydrogen (secondary N) is 1. The molecule has 0 aliphatic carbocycles. The Balaban J connectivity index is 1.74. The molecular weight excluding hydrogens is 250 g/mol. The first-order valence-electron chi connectivity index (χ1n) is 7.13. The summed E-state index contributed by atoms with van der Waals surface area (Å²) < 4.78 is 7.24. The monoisotopic (exact) mass is 273 g/mol. The van der Waals surface area contributed by atoms with Crippen LogP contribution in [0.3, 0.4) is 0 Å². The highest BCUT2D eigenvalue weighted by atomic mass is 16.5. The van der Waals surface area contributed by atoms with Gasteiger partial charge in [-0.2, -0.15) is 0 Å². The van der Waals surface area contributed by atoms with Gasteiger partial charge in [0.15, 0.2) is 0 Å². The Bertz CT molecular complexity index is 481. The summed E-state index contributed by atoms with van der Waals surface area (Å²) in [6.07, 6.45) is 6.16. The molecule has 1 aromatic heterocycles. The minimum absolute atomic E-state index is 0.731. The van der Waals surface area contributed by atoms with Crippen molar-refractivity contribution in [2.24, 2.45) is 0 Å². The molecule has 4 heteroatoms. The number of aryl methyl sites for hydroxylation is 2. The minimum atomic E-state index is 0.731. The van der Waals surface area contributed by atoms with Crippen molar-refractivity contribution in [2.75, 3.05) is 20.3 Å². The highest BCUT2D eigenvalue weighted by molar-refractivity contribution is 5.14. The third-order valence-electron chi connectivity index (χ3n) is 3.28. The Morgan fingerprint density at radius 2 is 2.10 bits per heavy atom. The maximum atomic E-state index is 5.02. The van der Waals surface area contributed by atoms with Crippen LogP contribution in [0.1, 0.15) is 17.8 Å². The average molecular weight is 273 g/mol. The van der Waals surface area contributed by atoms with Crippen LogP contribution in [0.25, 0.3) is 0 Å². The zero-order valence-corrected chi connectivity index (χ0v) is 12.1. The minimum Gasteiger partial charge on any atom is -0.383 e. The van der Waals surface area contributed by atoms with Crippen molar-refractivity contribution in [1.82, 2.24) is 14.9 Å². The summed E-state index contributed by atoms with van der Waals surface area (Å²) in [5.74, 6) is 1.09. The van der Waals surface area contributed by atoms with E-state index in [4.69, 9.17) is 4.74 Å². The van der Waals surface area contributed by atoms with Crippen LogP contribution >= 0.6 is 0 Å². The Morgan fingerprint density at radius 1 is 1.25 bits per heavy atom. The predicted molar refractivity (Wildman–Crippen MR) is 80.6 cm³/mol. The molecule has 0 saturated carbocycles. The molecular formula is C16H23N3O. The van der Waals surface area contributed by atoms with Crippen molar-refractivity contribution in [2.45, 2.75) is 25.9 Å². The number of rotatable bonds is 9. The van der Waals surface area contributed by atoms with E-state index in [-0.39, 0.29) is 0 Å². The van der Waals surface area contributed by atoms with E-state index in [1.165, 1.54) is 5.56 Å². The Hall–Kier alpha value is -1.65. The largest absolute Gasteiger partial charge is 0.383 e. The first kappa shape index (κ1) is 14.8. The third kappa shape index (κ3) is 4.79. The summed E-state index contributed by atoms with van der Waals surface area (Å²) in [4.78, 5) is 4.40. The van der Waals surface area contributed by atoms with Gasteiger partial charge in [0.1, 0.15) is 5.82 Å². The lowest BCUT2D eigenvalue weighted by molar-refractivity contribution is 0.199. The molecule has 0 unspecified atom stereocenters. The molecule has 4 nitrogen and oxygen atoms in total. The fourth-order valence-electron chi connectivity index (χ4n) is 2.18. The van der Waals surface area contributed by atoms with Crippen molar-refractivity contribution >= 4 is 0 Å². The van der Waals surface area contributed by atoms with Crippen LogP contribution in [0.15, 0.2) is 42.7 Å². The van der Waals surface area contributed by atoms with Crippen LogP contribution < -0.4 is 5.32 Å². The van der Waals surface area contributed by atoms with E-state index in [0.29, 0.717) is 0 Å². The molecule has 108 valence electrons. The highest BCUT2D eigenvalue weighted by Gasteiger charge is 2.02. The second-order valence-corrected chi connectivity index (χ2v) is 4.80. The van der Waals surface area contributed by atoms with Gasteiger partial charge < -0.3 is 14.6 Å². The number of aromatic nitrogens is 2. The molecule has 2 aromatic rings. The maximum Gasteiger partial charge on any atom is 0.122 e. The molecule has 0 aliphatic heterocycles. The fraction of sp³-hybridized carbons (Fsp3) is 0.438. The topological polar surface area (TPSA) is 39.1 Å². The smallest absolute Gasteiger partial charge is 0.122 e. The van der Waals surface area contributed by atoms with Crippen molar-refractivity contribution in [3.8, 4) is 0 Å². The van der Waals surface area contributed by atoms with Gasteiger partial charge in [-0.3, -0.25) is 0 Å².